The van der Waals surface area contributed by atoms with Gasteiger partial charge in [0.1, 0.15) is 16.5 Å². The lowest BCUT2D eigenvalue weighted by molar-refractivity contribution is -0.132. The van der Waals surface area contributed by atoms with E-state index in [1.54, 1.807) is 12.1 Å². The van der Waals surface area contributed by atoms with Gasteiger partial charge in [0.05, 0.1) is 17.3 Å². The third-order valence-electron chi connectivity index (χ3n) is 6.71. The normalized spacial score (nSPS) is 20.1. The molecule has 1 amide bonds. The highest BCUT2D eigenvalue weighted by Gasteiger charge is 2.38. The third-order valence-corrected chi connectivity index (χ3v) is 9.43. The van der Waals surface area contributed by atoms with E-state index in [-0.39, 0.29) is 41.1 Å². The minimum Gasteiger partial charge on any atom is -0.335 e. The Kier molecular flexibility index (Phi) is 6.57. The lowest BCUT2D eigenvalue weighted by Crippen LogP contribution is -2.47. The van der Waals surface area contributed by atoms with Crippen LogP contribution in [-0.2, 0) is 14.6 Å². The minimum absolute atomic E-state index is 0.0347. The number of thioether (sulfide) groups is 1. The first kappa shape index (κ1) is 23.2. The van der Waals surface area contributed by atoms with Gasteiger partial charge in [-0.05, 0) is 43.5 Å². The van der Waals surface area contributed by atoms with Gasteiger partial charge in [-0.2, -0.15) is 0 Å². The van der Waals surface area contributed by atoms with E-state index < -0.39 is 9.84 Å². The zero-order valence-electron chi connectivity index (χ0n) is 18.7. The molecule has 0 spiro atoms. The Balaban J connectivity index is 1.39. The predicted molar refractivity (Wildman–Crippen MR) is 132 cm³/mol. The summed E-state index contributed by atoms with van der Waals surface area (Å²) >= 11 is 1.34. The van der Waals surface area contributed by atoms with Crippen LogP contribution in [0.3, 0.4) is 0 Å². The van der Waals surface area contributed by atoms with Gasteiger partial charge in [-0.3, -0.25) is 4.79 Å². The molecule has 2 fully saturated rings. The van der Waals surface area contributed by atoms with Gasteiger partial charge >= 0.3 is 0 Å². The van der Waals surface area contributed by atoms with Gasteiger partial charge in [-0.1, -0.05) is 48.9 Å². The van der Waals surface area contributed by atoms with E-state index >= 15 is 0 Å². The molecule has 1 saturated carbocycles. The number of hydrogen-bond acceptors (Lipinski definition) is 6. The Bertz CT molecular complexity index is 1310. The molecule has 1 aromatic heterocycles. The molecule has 34 heavy (non-hydrogen) atoms. The van der Waals surface area contributed by atoms with Gasteiger partial charge in [-0.15, -0.1) is 10.2 Å². The Labute approximate surface area is 202 Å². The fourth-order valence-electron chi connectivity index (χ4n) is 5.09. The molecular formula is C25H26FN3O3S2. The topological polar surface area (TPSA) is 80.2 Å². The minimum atomic E-state index is -3.08. The van der Waals surface area contributed by atoms with Crippen molar-refractivity contribution in [3.05, 3.63) is 54.3 Å². The van der Waals surface area contributed by atoms with E-state index in [9.17, 15) is 17.6 Å². The number of carbonyl (C=O) groups excluding carboxylic acids is 1. The van der Waals surface area contributed by atoms with Crippen LogP contribution in [0.5, 0.6) is 0 Å². The number of rotatable bonds is 6. The van der Waals surface area contributed by atoms with Crippen LogP contribution in [0.4, 0.5) is 4.39 Å². The van der Waals surface area contributed by atoms with Crippen LogP contribution in [0.1, 0.15) is 32.1 Å². The maximum atomic E-state index is 13.4. The molecule has 1 atom stereocenters. The van der Waals surface area contributed by atoms with Gasteiger partial charge in [0.15, 0.2) is 9.84 Å². The molecule has 0 unspecified atom stereocenters. The van der Waals surface area contributed by atoms with Crippen LogP contribution in [0, 0.1) is 5.82 Å². The average Bonchev–Trinajstić information content (AvgIpc) is 3.48. The lowest BCUT2D eigenvalue weighted by Gasteiger charge is -2.34. The fourth-order valence-corrected chi connectivity index (χ4v) is 7.65. The number of fused-ring (bicyclic) bond motifs is 1. The Morgan fingerprint density at radius 1 is 0.971 bits per heavy atom. The monoisotopic (exact) mass is 499 g/mol. The summed E-state index contributed by atoms with van der Waals surface area (Å²) in [6.07, 6.45) is 4.53. The van der Waals surface area contributed by atoms with E-state index in [0.29, 0.717) is 17.1 Å². The molecule has 5 rings (SSSR count). The molecule has 2 aromatic carbocycles. The summed E-state index contributed by atoms with van der Waals surface area (Å²) in [7, 11) is -3.08. The first-order valence-corrected chi connectivity index (χ1v) is 14.4. The maximum absolute atomic E-state index is 13.4. The summed E-state index contributed by atoms with van der Waals surface area (Å²) in [5, 5.41) is 11.2. The number of amides is 1. The number of aromatic nitrogens is 2. The van der Waals surface area contributed by atoms with Crippen molar-refractivity contribution in [2.24, 2.45) is 0 Å². The second kappa shape index (κ2) is 9.62. The van der Waals surface area contributed by atoms with Crippen molar-refractivity contribution in [1.29, 1.82) is 0 Å². The van der Waals surface area contributed by atoms with Gasteiger partial charge in [0, 0.05) is 28.4 Å². The summed E-state index contributed by atoms with van der Waals surface area (Å²) in [6.45, 7) is 0. The second-order valence-corrected chi connectivity index (χ2v) is 12.2. The summed E-state index contributed by atoms with van der Waals surface area (Å²) in [5.41, 5.74) is 1.43. The Morgan fingerprint density at radius 3 is 2.35 bits per heavy atom. The predicted octanol–water partition coefficient (Wildman–Crippen LogP) is 4.49. The number of benzene rings is 2. The molecule has 9 heteroatoms. The Hall–Kier alpha value is -2.52. The van der Waals surface area contributed by atoms with Crippen molar-refractivity contribution in [2.75, 3.05) is 17.3 Å². The number of halogens is 1. The van der Waals surface area contributed by atoms with Crippen LogP contribution >= 0.6 is 11.8 Å². The molecule has 1 aliphatic carbocycles. The summed E-state index contributed by atoms with van der Waals surface area (Å²) in [6, 6.07) is 13.8. The molecular weight excluding hydrogens is 473 g/mol. The standard InChI is InChI=1S/C25H26FN3O3S2/c26-18-11-9-17(10-12-18)24-21-7-3-4-8-22(21)25(28-27-24)33-15-23(30)29(19-5-1-2-6-19)20-13-14-34(31,32)16-20/h3-4,7-12,19-20H,1-2,5-6,13-16H2/t20-/m0/s1. The van der Waals surface area contributed by atoms with E-state index in [4.69, 9.17) is 0 Å². The molecule has 3 aromatic rings. The first-order chi connectivity index (χ1) is 16.4. The van der Waals surface area contributed by atoms with Crippen molar-refractivity contribution in [1.82, 2.24) is 15.1 Å². The number of sulfone groups is 1. The van der Waals surface area contributed by atoms with Crippen molar-refractivity contribution in [3.63, 3.8) is 0 Å². The summed E-state index contributed by atoms with van der Waals surface area (Å²) in [4.78, 5) is 15.3. The van der Waals surface area contributed by atoms with E-state index in [1.165, 1.54) is 23.9 Å². The molecule has 0 N–H and O–H groups in total. The van der Waals surface area contributed by atoms with Gasteiger partial charge < -0.3 is 4.90 Å². The van der Waals surface area contributed by atoms with Crippen molar-refractivity contribution in [2.45, 2.75) is 49.2 Å². The van der Waals surface area contributed by atoms with Crippen LogP contribution in [0.15, 0.2) is 53.6 Å². The highest BCUT2D eigenvalue weighted by Crippen LogP contribution is 2.34. The van der Waals surface area contributed by atoms with Crippen molar-refractivity contribution >= 4 is 38.3 Å². The summed E-state index contributed by atoms with van der Waals surface area (Å²) < 4.78 is 37.6. The van der Waals surface area contributed by atoms with E-state index in [2.05, 4.69) is 10.2 Å². The SMILES string of the molecule is O=C(CSc1nnc(-c2ccc(F)cc2)c2ccccc12)N(C1CCCC1)[C@H]1CCS(=O)(=O)C1. The quantitative estimate of drug-likeness (QED) is 0.465. The zero-order valence-corrected chi connectivity index (χ0v) is 20.3. The lowest BCUT2D eigenvalue weighted by atomic mass is 10.1. The average molecular weight is 500 g/mol. The highest BCUT2D eigenvalue weighted by molar-refractivity contribution is 8.00. The molecule has 1 saturated heterocycles. The van der Waals surface area contributed by atoms with Crippen LogP contribution in [0.2, 0.25) is 0 Å². The highest BCUT2D eigenvalue weighted by atomic mass is 32.2. The summed E-state index contributed by atoms with van der Waals surface area (Å²) in [5.74, 6) is 0.0555. The van der Waals surface area contributed by atoms with Crippen molar-refractivity contribution < 1.29 is 17.6 Å². The van der Waals surface area contributed by atoms with E-state index in [1.807, 2.05) is 29.2 Å². The number of nitrogens with zero attached hydrogens (tertiary/aromatic N) is 3. The second-order valence-electron chi connectivity index (χ2n) is 8.99. The van der Waals surface area contributed by atoms with Crippen LogP contribution < -0.4 is 0 Å². The largest absolute Gasteiger partial charge is 0.335 e. The molecule has 0 radical (unpaired) electrons. The van der Waals surface area contributed by atoms with Crippen LogP contribution in [-0.4, -0.2) is 58.8 Å². The molecule has 178 valence electrons. The molecule has 2 heterocycles. The number of carbonyl (C=O) groups is 1. The Morgan fingerprint density at radius 2 is 1.68 bits per heavy atom. The molecule has 6 nitrogen and oxygen atoms in total. The first-order valence-electron chi connectivity index (χ1n) is 11.6. The third kappa shape index (κ3) is 4.81. The molecule has 2 aliphatic rings. The fraction of sp³-hybridized carbons (Fsp3) is 0.400. The van der Waals surface area contributed by atoms with Crippen molar-refractivity contribution in [3.8, 4) is 11.3 Å². The number of hydrogen-bond donors (Lipinski definition) is 0. The van der Waals surface area contributed by atoms with Gasteiger partial charge in [0.2, 0.25) is 5.91 Å². The zero-order chi connectivity index (χ0) is 23.7. The maximum Gasteiger partial charge on any atom is 0.233 e. The van der Waals surface area contributed by atoms with Gasteiger partial charge in [-0.25, -0.2) is 12.8 Å². The van der Waals surface area contributed by atoms with Gasteiger partial charge in [0.25, 0.3) is 0 Å². The molecule has 1 aliphatic heterocycles. The smallest absolute Gasteiger partial charge is 0.233 e. The van der Waals surface area contributed by atoms with E-state index in [0.717, 1.165) is 42.0 Å². The van der Waals surface area contributed by atoms with Crippen LogP contribution in [0.25, 0.3) is 22.0 Å². The molecule has 0 bridgehead atoms.